The Hall–Kier alpha value is -3.09. The van der Waals surface area contributed by atoms with Crippen molar-refractivity contribution in [3.63, 3.8) is 0 Å². The molecule has 4 rings (SSSR count). The number of hydrogen-bond acceptors (Lipinski definition) is 3. The van der Waals surface area contributed by atoms with Gasteiger partial charge in [0.15, 0.2) is 0 Å². The van der Waals surface area contributed by atoms with Crippen molar-refractivity contribution in [3.8, 4) is 0 Å². The Kier molecular flexibility index (Phi) is 6.32. The molecular weight excluding hydrogens is 454 g/mol. The number of sulfonamides is 1. The van der Waals surface area contributed by atoms with Crippen LogP contribution in [-0.4, -0.2) is 19.2 Å². The lowest BCUT2D eigenvalue weighted by Crippen LogP contribution is -2.19. The highest BCUT2D eigenvalue weighted by atomic mass is 35.5. The number of para-hydroxylation sites is 1. The minimum absolute atomic E-state index is 0.0495. The monoisotopic (exact) mass is 479 g/mol. The van der Waals surface area contributed by atoms with E-state index in [1.54, 1.807) is 12.1 Å². The van der Waals surface area contributed by atoms with Crippen LogP contribution in [0.4, 0.5) is 0 Å². The summed E-state index contributed by atoms with van der Waals surface area (Å²) in [6, 6.07) is 22.5. The van der Waals surface area contributed by atoms with E-state index in [2.05, 4.69) is 35.3 Å². The topological polar surface area (TPSA) is 63.5 Å². The fourth-order valence-electron chi connectivity index (χ4n) is 3.67. The second kappa shape index (κ2) is 9.04. The SMILES string of the molecule is CC(C)(C)c1ccc(S(=O)(=O)N/N=C/c2cn(Cc3ccccc3Cl)c3ccccc23)cc1. The summed E-state index contributed by atoms with van der Waals surface area (Å²) in [5.74, 6) is 0. The van der Waals surface area contributed by atoms with Crippen LogP contribution < -0.4 is 4.83 Å². The zero-order valence-corrected chi connectivity index (χ0v) is 20.4. The summed E-state index contributed by atoms with van der Waals surface area (Å²) in [5.41, 5.74) is 3.84. The van der Waals surface area contributed by atoms with E-state index in [4.69, 9.17) is 11.6 Å². The van der Waals surface area contributed by atoms with Gasteiger partial charge in [0, 0.05) is 34.2 Å². The minimum atomic E-state index is -3.77. The second-order valence-corrected chi connectivity index (χ2v) is 11.0. The van der Waals surface area contributed by atoms with Crippen LogP contribution in [0.5, 0.6) is 0 Å². The third-order valence-electron chi connectivity index (χ3n) is 5.53. The molecule has 5 nitrogen and oxygen atoms in total. The van der Waals surface area contributed by atoms with Crippen LogP contribution in [-0.2, 0) is 22.0 Å². The van der Waals surface area contributed by atoms with E-state index < -0.39 is 10.0 Å². The third-order valence-corrected chi connectivity index (χ3v) is 7.13. The van der Waals surface area contributed by atoms with Gasteiger partial charge < -0.3 is 4.57 Å². The van der Waals surface area contributed by atoms with E-state index in [-0.39, 0.29) is 10.3 Å². The molecule has 1 aromatic heterocycles. The van der Waals surface area contributed by atoms with Crippen molar-refractivity contribution in [2.45, 2.75) is 37.6 Å². The Balaban J connectivity index is 1.57. The van der Waals surface area contributed by atoms with E-state index in [1.165, 1.54) is 6.21 Å². The molecule has 0 fully saturated rings. The van der Waals surface area contributed by atoms with Gasteiger partial charge in [-0.2, -0.15) is 13.5 Å². The number of nitrogens with zero attached hydrogens (tertiary/aromatic N) is 2. The standard InChI is InChI=1S/C26H26ClN3O2S/c1-26(2,3)21-12-14-22(15-13-21)33(31,32)29-28-16-20-18-30(25-11-7-5-9-23(20)25)17-19-8-4-6-10-24(19)27/h4-16,18,29H,17H2,1-3H3/b28-16+. The molecule has 0 unspecified atom stereocenters. The van der Waals surface area contributed by atoms with Crippen LogP contribution >= 0.6 is 11.6 Å². The van der Waals surface area contributed by atoms with Crippen molar-refractivity contribution >= 4 is 38.7 Å². The Morgan fingerprint density at radius 2 is 1.64 bits per heavy atom. The number of fused-ring (bicyclic) bond motifs is 1. The van der Waals surface area contributed by atoms with Crippen LogP contribution in [0.3, 0.4) is 0 Å². The highest BCUT2D eigenvalue weighted by Crippen LogP contribution is 2.25. The van der Waals surface area contributed by atoms with Crippen molar-refractivity contribution in [1.82, 2.24) is 9.40 Å². The lowest BCUT2D eigenvalue weighted by Gasteiger charge is -2.19. The zero-order valence-electron chi connectivity index (χ0n) is 18.8. The van der Waals surface area contributed by atoms with E-state index >= 15 is 0 Å². The third kappa shape index (κ3) is 5.13. The molecule has 0 atom stereocenters. The van der Waals surface area contributed by atoms with Gasteiger partial charge >= 0.3 is 0 Å². The van der Waals surface area contributed by atoms with Gasteiger partial charge in [0.05, 0.1) is 11.1 Å². The number of benzene rings is 3. The maximum atomic E-state index is 12.7. The molecule has 1 heterocycles. The second-order valence-electron chi connectivity index (χ2n) is 8.95. The molecule has 3 aromatic carbocycles. The molecule has 0 radical (unpaired) electrons. The number of hydrogen-bond donors (Lipinski definition) is 1. The number of halogens is 1. The predicted octanol–water partition coefficient (Wildman–Crippen LogP) is 5.95. The summed E-state index contributed by atoms with van der Waals surface area (Å²) in [7, 11) is -3.77. The van der Waals surface area contributed by atoms with Gasteiger partial charge in [-0.25, -0.2) is 4.83 Å². The molecule has 0 aliphatic carbocycles. The molecule has 0 aliphatic rings. The fourth-order valence-corrected chi connectivity index (χ4v) is 4.66. The molecule has 0 spiro atoms. The first-order chi connectivity index (χ1) is 15.6. The van der Waals surface area contributed by atoms with Crippen LogP contribution in [0.15, 0.2) is 89.0 Å². The molecule has 0 amide bonds. The maximum Gasteiger partial charge on any atom is 0.276 e. The largest absolute Gasteiger partial charge is 0.342 e. The first-order valence-corrected chi connectivity index (χ1v) is 12.5. The van der Waals surface area contributed by atoms with Gasteiger partial charge in [0.2, 0.25) is 0 Å². The summed E-state index contributed by atoms with van der Waals surface area (Å²) < 4.78 is 27.5. The van der Waals surface area contributed by atoms with Gasteiger partial charge in [0.25, 0.3) is 10.0 Å². The fraction of sp³-hybridized carbons (Fsp3) is 0.192. The summed E-state index contributed by atoms with van der Waals surface area (Å²) in [6.07, 6.45) is 3.48. The van der Waals surface area contributed by atoms with E-state index in [1.807, 2.05) is 66.9 Å². The molecule has 0 saturated heterocycles. The number of rotatable bonds is 6. The average molecular weight is 480 g/mol. The first-order valence-electron chi connectivity index (χ1n) is 10.6. The molecule has 4 aromatic rings. The van der Waals surface area contributed by atoms with Crippen molar-refractivity contribution in [1.29, 1.82) is 0 Å². The summed E-state index contributed by atoms with van der Waals surface area (Å²) in [6.45, 7) is 6.85. The highest BCUT2D eigenvalue weighted by Gasteiger charge is 2.17. The predicted molar refractivity (Wildman–Crippen MR) is 136 cm³/mol. The molecule has 0 saturated carbocycles. The lowest BCUT2D eigenvalue weighted by molar-refractivity contribution is 0.580. The molecule has 0 bridgehead atoms. The van der Waals surface area contributed by atoms with Crippen LogP contribution in [0, 0.1) is 0 Å². The maximum absolute atomic E-state index is 12.7. The van der Waals surface area contributed by atoms with Gasteiger partial charge in [-0.15, -0.1) is 0 Å². The molecular formula is C26H26ClN3O2S. The summed E-state index contributed by atoms with van der Waals surface area (Å²) in [4.78, 5) is 2.50. The van der Waals surface area contributed by atoms with Crippen molar-refractivity contribution in [3.05, 3.63) is 101 Å². The minimum Gasteiger partial charge on any atom is -0.342 e. The van der Waals surface area contributed by atoms with Crippen molar-refractivity contribution in [2.24, 2.45) is 5.10 Å². The normalized spacial score (nSPS) is 12.5. The molecule has 33 heavy (non-hydrogen) atoms. The van der Waals surface area contributed by atoms with E-state index in [0.29, 0.717) is 11.6 Å². The first kappa shape index (κ1) is 23.1. The van der Waals surface area contributed by atoms with Gasteiger partial charge in [0.1, 0.15) is 0 Å². The van der Waals surface area contributed by atoms with Crippen LogP contribution in [0.1, 0.15) is 37.5 Å². The highest BCUT2D eigenvalue weighted by molar-refractivity contribution is 7.89. The smallest absolute Gasteiger partial charge is 0.276 e. The number of aromatic nitrogens is 1. The van der Waals surface area contributed by atoms with Crippen molar-refractivity contribution in [2.75, 3.05) is 0 Å². The van der Waals surface area contributed by atoms with Crippen molar-refractivity contribution < 1.29 is 8.42 Å². The summed E-state index contributed by atoms with van der Waals surface area (Å²) in [5, 5.41) is 5.73. The Labute approximate surface area is 199 Å². The van der Waals surface area contributed by atoms with Crippen LogP contribution in [0.25, 0.3) is 10.9 Å². The Morgan fingerprint density at radius 3 is 2.33 bits per heavy atom. The lowest BCUT2D eigenvalue weighted by atomic mass is 9.87. The zero-order chi connectivity index (χ0) is 23.6. The van der Waals surface area contributed by atoms with E-state index in [0.717, 1.165) is 27.6 Å². The Bertz CT molecular complexity index is 1420. The molecule has 1 N–H and O–H groups in total. The number of hydrazone groups is 1. The van der Waals surface area contributed by atoms with Gasteiger partial charge in [-0.3, -0.25) is 0 Å². The molecule has 0 aliphatic heterocycles. The molecule has 170 valence electrons. The van der Waals surface area contributed by atoms with Gasteiger partial charge in [-0.1, -0.05) is 80.9 Å². The van der Waals surface area contributed by atoms with E-state index in [9.17, 15) is 8.42 Å². The number of nitrogens with one attached hydrogen (secondary N) is 1. The quantitative estimate of drug-likeness (QED) is 0.274. The Morgan fingerprint density at radius 1 is 0.970 bits per heavy atom. The summed E-state index contributed by atoms with van der Waals surface area (Å²) >= 11 is 6.34. The van der Waals surface area contributed by atoms with Gasteiger partial charge in [-0.05, 0) is 40.8 Å². The molecule has 7 heteroatoms. The van der Waals surface area contributed by atoms with Crippen LogP contribution in [0.2, 0.25) is 5.02 Å². The average Bonchev–Trinajstić information content (AvgIpc) is 3.12.